The average molecular weight is 483 g/mol. The zero-order valence-corrected chi connectivity index (χ0v) is 21.7. The molecule has 5 aromatic carbocycles. The first kappa shape index (κ1) is 24.4. The fraction of sp³-hybridized carbons (Fsp3) is 0.143. The molecule has 0 amide bonds. The van der Waals surface area contributed by atoms with Crippen LogP contribution in [0.15, 0.2) is 133 Å². The largest absolute Gasteiger partial charge is 0.311 e. The van der Waals surface area contributed by atoms with Gasteiger partial charge in [-0.25, -0.2) is 0 Å². The van der Waals surface area contributed by atoms with Crippen molar-refractivity contribution in [3.63, 3.8) is 0 Å². The monoisotopic (exact) mass is 482 g/mol. The van der Waals surface area contributed by atoms with Crippen molar-refractivity contribution in [2.24, 2.45) is 0 Å². The van der Waals surface area contributed by atoms with Crippen LogP contribution >= 0.6 is 0 Å². The summed E-state index contributed by atoms with van der Waals surface area (Å²) in [6.45, 7) is 4.38. The Hall–Kier alpha value is -4.30. The number of benzene rings is 5. The van der Waals surface area contributed by atoms with Crippen molar-refractivity contribution in [2.75, 3.05) is 9.80 Å². The van der Waals surface area contributed by atoms with Crippen molar-refractivity contribution in [3.8, 4) is 0 Å². The average Bonchev–Trinajstić information content (AvgIpc) is 2.96. The molecule has 0 fully saturated rings. The van der Waals surface area contributed by atoms with Gasteiger partial charge in [-0.3, -0.25) is 0 Å². The highest BCUT2D eigenvalue weighted by atomic mass is 15.2. The Bertz CT molecular complexity index is 1340. The molecule has 0 unspecified atom stereocenters. The Kier molecular flexibility index (Phi) is 7.66. The summed E-state index contributed by atoms with van der Waals surface area (Å²) in [5, 5.41) is 0. The number of hydrogen-bond donors (Lipinski definition) is 0. The zero-order chi connectivity index (χ0) is 25.5. The van der Waals surface area contributed by atoms with Crippen LogP contribution in [0.5, 0.6) is 0 Å². The second-order valence-corrected chi connectivity index (χ2v) is 9.46. The maximum Gasteiger partial charge on any atom is 0.0463 e. The van der Waals surface area contributed by atoms with E-state index in [0.29, 0.717) is 0 Å². The fourth-order valence-corrected chi connectivity index (χ4v) is 4.69. The first-order valence-electron chi connectivity index (χ1n) is 13.2. The van der Waals surface area contributed by atoms with Crippen LogP contribution in [0.25, 0.3) is 0 Å². The predicted molar refractivity (Wildman–Crippen MR) is 159 cm³/mol. The Morgan fingerprint density at radius 1 is 0.432 bits per heavy atom. The molecule has 0 aromatic heterocycles. The first-order valence-corrected chi connectivity index (χ1v) is 13.2. The normalized spacial score (nSPS) is 10.8. The molecule has 0 aliphatic heterocycles. The Balaban J connectivity index is 1.53. The molecule has 0 radical (unpaired) electrons. The third-order valence-electron chi connectivity index (χ3n) is 6.70. The molecule has 0 saturated carbocycles. The van der Waals surface area contributed by atoms with E-state index in [2.05, 4.69) is 157 Å². The van der Waals surface area contributed by atoms with Gasteiger partial charge in [-0.15, -0.1) is 0 Å². The molecular weight excluding hydrogens is 448 g/mol. The van der Waals surface area contributed by atoms with Gasteiger partial charge in [0.2, 0.25) is 0 Å². The molecule has 0 atom stereocenters. The Labute approximate surface area is 221 Å². The summed E-state index contributed by atoms with van der Waals surface area (Å²) in [6.07, 6.45) is 3.57. The number of unbranched alkanes of at least 4 members (excludes halogenated alkanes) is 1. The molecule has 0 spiro atoms. The van der Waals surface area contributed by atoms with Gasteiger partial charge in [0.15, 0.2) is 0 Å². The minimum Gasteiger partial charge on any atom is -0.311 e. The van der Waals surface area contributed by atoms with Gasteiger partial charge in [0.25, 0.3) is 0 Å². The van der Waals surface area contributed by atoms with Crippen molar-refractivity contribution < 1.29 is 0 Å². The third-order valence-corrected chi connectivity index (χ3v) is 6.70. The van der Waals surface area contributed by atoms with E-state index < -0.39 is 0 Å². The van der Waals surface area contributed by atoms with E-state index in [1.165, 1.54) is 29.7 Å². The Morgan fingerprint density at radius 3 is 1.19 bits per heavy atom. The van der Waals surface area contributed by atoms with Gasteiger partial charge in [0, 0.05) is 34.1 Å². The number of hydrogen-bond acceptors (Lipinski definition) is 2. The first-order chi connectivity index (χ1) is 18.2. The summed E-state index contributed by atoms with van der Waals surface area (Å²) in [7, 11) is 0. The second-order valence-electron chi connectivity index (χ2n) is 9.46. The number of aryl methyl sites for hydroxylation is 2. The van der Waals surface area contributed by atoms with E-state index in [1.54, 1.807) is 0 Å². The molecule has 2 nitrogen and oxygen atoms in total. The molecule has 0 saturated heterocycles. The molecule has 0 heterocycles. The van der Waals surface area contributed by atoms with Crippen LogP contribution in [0, 0.1) is 6.92 Å². The minimum atomic E-state index is 1.12. The smallest absolute Gasteiger partial charge is 0.0463 e. The molecule has 37 heavy (non-hydrogen) atoms. The molecule has 0 bridgehead atoms. The lowest BCUT2D eigenvalue weighted by Crippen LogP contribution is -2.12. The summed E-state index contributed by atoms with van der Waals surface area (Å²) >= 11 is 0. The van der Waals surface area contributed by atoms with Crippen LogP contribution in [0.3, 0.4) is 0 Å². The lowest BCUT2D eigenvalue weighted by molar-refractivity contribution is 0.795. The van der Waals surface area contributed by atoms with Crippen LogP contribution in [0.2, 0.25) is 0 Å². The van der Waals surface area contributed by atoms with Gasteiger partial charge in [-0.2, -0.15) is 0 Å². The number of para-hydroxylation sites is 2. The molecule has 2 heteroatoms. The van der Waals surface area contributed by atoms with Crippen LogP contribution < -0.4 is 9.80 Å². The summed E-state index contributed by atoms with van der Waals surface area (Å²) in [5.74, 6) is 0. The van der Waals surface area contributed by atoms with Crippen LogP contribution in [0.1, 0.15) is 30.9 Å². The minimum absolute atomic E-state index is 1.12. The summed E-state index contributed by atoms with van der Waals surface area (Å²) in [4.78, 5) is 4.63. The van der Waals surface area contributed by atoms with E-state index in [4.69, 9.17) is 0 Å². The summed E-state index contributed by atoms with van der Waals surface area (Å²) in [5.41, 5.74) is 9.51. The van der Waals surface area contributed by atoms with Gasteiger partial charge in [-0.1, -0.05) is 79.6 Å². The topological polar surface area (TPSA) is 6.48 Å². The van der Waals surface area contributed by atoms with Gasteiger partial charge in [0.05, 0.1) is 0 Å². The lowest BCUT2D eigenvalue weighted by Gasteiger charge is -2.28. The van der Waals surface area contributed by atoms with E-state index >= 15 is 0 Å². The number of nitrogens with zero attached hydrogens (tertiary/aromatic N) is 2. The molecule has 5 rings (SSSR count). The molecule has 184 valence electrons. The highest BCUT2D eigenvalue weighted by Crippen LogP contribution is 2.38. The predicted octanol–water partition coefficient (Wildman–Crippen LogP) is 10.3. The summed E-state index contributed by atoms with van der Waals surface area (Å²) in [6, 6.07) is 47.7. The highest BCUT2D eigenvalue weighted by Gasteiger charge is 2.15. The molecule has 5 aromatic rings. The third kappa shape index (κ3) is 5.76. The van der Waals surface area contributed by atoms with Crippen molar-refractivity contribution in [2.45, 2.75) is 33.1 Å². The summed E-state index contributed by atoms with van der Waals surface area (Å²) < 4.78 is 0. The fourth-order valence-electron chi connectivity index (χ4n) is 4.69. The second kappa shape index (κ2) is 11.6. The van der Waals surface area contributed by atoms with E-state index in [0.717, 1.165) is 34.9 Å². The standard InChI is InChI=1S/C35H34N2/c1-3-4-11-29-18-22-33(23-19-29)37(32-20-16-28(2)17-21-32)35-26-24-34(25-27-35)36(30-12-7-5-8-13-30)31-14-9-6-10-15-31/h5-10,12-27H,3-4,11H2,1-2H3. The molecular formula is C35H34N2. The van der Waals surface area contributed by atoms with Gasteiger partial charge >= 0.3 is 0 Å². The highest BCUT2D eigenvalue weighted by molar-refractivity contribution is 5.81. The van der Waals surface area contributed by atoms with E-state index in [-0.39, 0.29) is 0 Å². The van der Waals surface area contributed by atoms with Crippen LogP contribution in [-0.2, 0) is 6.42 Å². The van der Waals surface area contributed by atoms with Crippen molar-refractivity contribution in [1.82, 2.24) is 0 Å². The van der Waals surface area contributed by atoms with Crippen LogP contribution in [0.4, 0.5) is 34.1 Å². The van der Waals surface area contributed by atoms with Gasteiger partial charge < -0.3 is 9.80 Å². The van der Waals surface area contributed by atoms with Crippen LogP contribution in [-0.4, -0.2) is 0 Å². The quantitative estimate of drug-likeness (QED) is 0.206. The van der Waals surface area contributed by atoms with Crippen molar-refractivity contribution in [1.29, 1.82) is 0 Å². The molecule has 0 aliphatic carbocycles. The van der Waals surface area contributed by atoms with Gasteiger partial charge in [0.1, 0.15) is 0 Å². The molecule has 0 N–H and O–H groups in total. The zero-order valence-electron chi connectivity index (χ0n) is 21.7. The lowest BCUT2D eigenvalue weighted by atomic mass is 10.1. The van der Waals surface area contributed by atoms with Gasteiger partial charge in [-0.05, 0) is 98.1 Å². The maximum absolute atomic E-state index is 2.34. The SMILES string of the molecule is CCCCc1ccc(N(c2ccc(C)cc2)c2ccc(N(c3ccccc3)c3ccccc3)cc2)cc1. The number of anilines is 6. The maximum atomic E-state index is 2.34. The van der Waals surface area contributed by atoms with Crippen molar-refractivity contribution in [3.05, 3.63) is 145 Å². The number of rotatable bonds is 9. The Morgan fingerprint density at radius 2 is 0.784 bits per heavy atom. The van der Waals surface area contributed by atoms with E-state index in [1.807, 2.05) is 0 Å². The van der Waals surface area contributed by atoms with Crippen molar-refractivity contribution >= 4 is 34.1 Å². The van der Waals surface area contributed by atoms with E-state index in [9.17, 15) is 0 Å². The molecule has 0 aliphatic rings.